The molecule has 1 aromatic carbocycles. The summed E-state index contributed by atoms with van der Waals surface area (Å²) in [6.45, 7) is 7.88. The van der Waals surface area contributed by atoms with Crippen LogP contribution in [0.3, 0.4) is 0 Å². The average Bonchev–Trinajstić information content (AvgIpc) is 2.40. The number of nitrogens with zero attached hydrogens (tertiary/aromatic N) is 1. The second-order valence-electron chi connectivity index (χ2n) is 4.93. The number of nitrogens with one attached hydrogen (secondary N) is 1. The van der Waals surface area contributed by atoms with Crippen LogP contribution in [0.4, 0.5) is 0 Å². The first kappa shape index (κ1) is 16.2. The Labute approximate surface area is 124 Å². The van der Waals surface area contributed by atoms with Gasteiger partial charge in [0, 0.05) is 23.6 Å². The van der Waals surface area contributed by atoms with E-state index in [1.54, 1.807) is 0 Å². The van der Waals surface area contributed by atoms with Gasteiger partial charge in [-0.1, -0.05) is 19.1 Å². The van der Waals surface area contributed by atoms with Crippen LogP contribution >= 0.6 is 15.9 Å². The van der Waals surface area contributed by atoms with Crippen molar-refractivity contribution in [1.29, 1.82) is 0 Å². The first-order valence-electron chi connectivity index (χ1n) is 6.71. The summed E-state index contributed by atoms with van der Waals surface area (Å²) in [6, 6.07) is 6.27. The Morgan fingerprint density at radius 2 is 2.16 bits per heavy atom. The van der Waals surface area contributed by atoms with E-state index in [4.69, 9.17) is 0 Å². The topological polar surface area (TPSA) is 32.3 Å². The maximum atomic E-state index is 12.1. The molecule has 0 saturated carbocycles. The molecule has 19 heavy (non-hydrogen) atoms. The second kappa shape index (κ2) is 7.65. The van der Waals surface area contributed by atoms with Gasteiger partial charge in [-0.2, -0.15) is 0 Å². The van der Waals surface area contributed by atoms with E-state index in [1.807, 2.05) is 25.1 Å². The van der Waals surface area contributed by atoms with Gasteiger partial charge < -0.3 is 10.2 Å². The maximum Gasteiger partial charge on any atom is 0.252 e. The normalized spacial score (nSPS) is 12.5. The smallest absolute Gasteiger partial charge is 0.252 e. The quantitative estimate of drug-likeness (QED) is 0.870. The molecule has 0 saturated heterocycles. The van der Waals surface area contributed by atoms with Crippen molar-refractivity contribution < 1.29 is 4.79 Å². The number of rotatable bonds is 6. The lowest BCUT2D eigenvalue weighted by Gasteiger charge is -2.23. The van der Waals surface area contributed by atoms with E-state index in [9.17, 15) is 4.79 Å². The Bertz CT molecular complexity index is 434. The number of carbonyl (C=O) groups excluding carboxylic acids is 1. The number of likely N-dealkylation sites (N-methyl/N-ethyl adjacent to an activating group) is 1. The van der Waals surface area contributed by atoms with Gasteiger partial charge in [0.1, 0.15) is 0 Å². The molecule has 1 aromatic rings. The zero-order chi connectivity index (χ0) is 14.4. The highest BCUT2D eigenvalue weighted by atomic mass is 79.9. The Hall–Kier alpha value is -0.870. The van der Waals surface area contributed by atoms with Crippen LogP contribution < -0.4 is 5.32 Å². The van der Waals surface area contributed by atoms with E-state index in [0.29, 0.717) is 18.2 Å². The average molecular weight is 327 g/mol. The highest BCUT2D eigenvalue weighted by molar-refractivity contribution is 9.10. The van der Waals surface area contributed by atoms with Crippen LogP contribution in [-0.2, 0) is 0 Å². The molecule has 1 N–H and O–H groups in total. The van der Waals surface area contributed by atoms with Crippen LogP contribution in [0, 0.1) is 6.92 Å². The summed E-state index contributed by atoms with van der Waals surface area (Å²) in [7, 11) is 2.09. The van der Waals surface area contributed by atoms with Crippen LogP contribution in [-0.4, -0.2) is 37.0 Å². The number of hydrogen-bond donors (Lipinski definition) is 1. The zero-order valence-electron chi connectivity index (χ0n) is 12.2. The first-order valence-corrected chi connectivity index (χ1v) is 7.50. The number of benzene rings is 1. The molecule has 0 bridgehead atoms. The lowest BCUT2D eigenvalue weighted by Crippen LogP contribution is -2.37. The molecule has 0 aliphatic heterocycles. The molecule has 1 atom stereocenters. The molecule has 1 amide bonds. The van der Waals surface area contributed by atoms with E-state index in [1.165, 1.54) is 0 Å². The van der Waals surface area contributed by atoms with Gasteiger partial charge in [-0.25, -0.2) is 0 Å². The van der Waals surface area contributed by atoms with E-state index in [0.717, 1.165) is 23.0 Å². The molecule has 4 heteroatoms. The Morgan fingerprint density at radius 1 is 1.47 bits per heavy atom. The van der Waals surface area contributed by atoms with Gasteiger partial charge in [-0.3, -0.25) is 4.79 Å². The molecule has 1 unspecified atom stereocenters. The van der Waals surface area contributed by atoms with Crippen molar-refractivity contribution in [2.24, 2.45) is 0 Å². The van der Waals surface area contributed by atoms with Crippen LogP contribution in [0.1, 0.15) is 36.2 Å². The fraction of sp³-hybridized carbons (Fsp3) is 0.533. The monoisotopic (exact) mass is 326 g/mol. The van der Waals surface area contributed by atoms with Crippen molar-refractivity contribution in [1.82, 2.24) is 10.2 Å². The van der Waals surface area contributed by atoms with E-state index >= 15 is 0 Å². The van der Waals surface area contributed by atoms with Gasteiger partial charge in [0.05, 0.1) is 5.56 Å². The third-order valence-corrected chi connectivity index (χ3v) is 4.58. The predicted molar refractivity (Wildman–Crippen MR) is 83.6 cm³/mol. The van der Waals surface area contributed by atoms with Crippen molar-refractivity contribution in [3.63, 3.8) is 0 Å². The highest BCUT2D eigenvalue weighted by Gasteiger charge is 2.11. The van der Waals surface area contributed by atoms with Crippen LogP contribution in [0.2, 0.25) is 0 Å². The Morgan fingerprint density at radius 3 is 2.79 bits per heavy atom. The molecule has 0 fully saturated rings. The minimum Gasteiger partial charge on any atom is -0.351 e. The molecular formula is C15H23BrN2O. The van der Waals surface area contributed by atoms with Crippen LogP contribution in [0.15, 0.2) is 22.7 Å². The largest absolute Gasteiger partial charge is 0.351 e. The lowest BCUT2D eigenvalue weighted by atomic mass is 10.1. The summed E-state index contributed by atoms with van der Waals surface area (Å²) in [5.41, 5.74) is 1.77. The van der Waals surface area contributed by atoms with E-state index in [2.05, 4.69) is 47.0 Å². The van der Waals surface area contributed by atoms with Gasteiger partial charge in [0.15, 0.2) is 0 Å². The van der Waals surface area contributed by atoms with Gasteiger partial charge >= 0.3 is 0 Å². The minimum atomic E-state index is -0.0203. The molecule has 3 nitrogen and oxygen atoms in total. The van der Waals surface area contributed by atoms with Gasteiger partial charge in [-0.15, -0.1) is 0 Å². The fourth-order valence-electron chi connectivity index (χ4n) is 1.80. The molecule has 0 aromatic heterocycles. The predicted octanol–water partition coefficient (Wildman–Crippen LogP) is 3.22. The van der Waals surface area contributed by atoms with Crippen molar-refractivity contribution in [2.75, 3.05) is 20.1 Å². The molecule has 0 radical (unpaired) electrons. The minimum absolute atomic E-state index is 0.0203. The SMILES string of the molecule is CCC(C)N(C)CCNC(=O)c1cccc(C)c1Br. The number of carbonyl (C=O) groups is 1. The van der Waals surface area contributed by atoms with Crippen LogP contribution in [0.25, 0.3) is 0 Å². The van der Waals surface area contributed by atoms with Crippen molar-refractivity contribution >= 4 is 21.8 Å². The molecule has 0 heterocycles. The summed E-state index contributed by atoms with van der Waals surface area (Å²) in [4.78, 5) is 14.3. The van der Waals surface area contributed by atoms with E-state index in [-0.39, 0.29) is 5.91 Å². The second-order valence-corrected chi connectivity index (χ2v) is 5.72. The molecular weight excluding hydrogens is 304 g/mol. The third-order valence-electron chi connectivity index (χ3n) is 3.53. The van der Waals surface area contributed by atoms with Crippen molar-refractivity contribution in [3.05, 3.63) is 33.8 Å². The van der Waals surface area contributed by atoms with Gasteiger partial charge in [-0.05, 0) is 54.9 Å². The molecule has 0 aliphatic carbocycles. The highest BCUT2D eigenvalue weighted by Crippen LogP contribution is 2.20. The summed E-state index contributed by atoms with van der Waals surface area (Å²) < 4.78 is 0.878. The summed E-state index contributed by atoms with van der Waals surface area (Å²) in [5, 5.41) is 2.97. The standard InChI is InChI=1S/C15H23BrN2O/c1-5-12(3)18(4)10-9-17-15(19)13-8-6-7-11(2)14(13)16/h6-8,12H,5,9-10H2,1-4H3,(H,17,19). The van der Waals surface area contributed by atoms with Gasteiger partial charge in [0.25, 0.3) is 5.91 Å². The Balaban J connectivity index is 2.50. The van der Waals surface area contributed by atoms with Crippen molar-refractivity contribution in [2.45, 2.75) is 33.2 Å². The number of hydrogen-bond acceptors (Lipinski definition) is 2. The summed E-state index contributed by atoms with van der Waals surface area (Å²) in [6.07, 6.45) is 1.12. The summed E-state index contributed by atoms with van der Waals surface area (Å²) in [5.74, 6) is -0.0203. The third kappa shape index (κ3) is 4.62. The van der Waals surface area contributed by atoms with E-state index < -0.39 is 0 Å². The molecule has 106 valence electrons. The molecule has 0 aliphatic rings. The lowest BCUT2D eigenvalue weighted by molar-refractivity contribution is 0.0946. The number of halogens is 1. The molecule has 0 spiro atoms. The molecule has 1 rings (SSSR count). The fourth-order valence-corrected chi connectivity index (χ4v) is 2.24. The maximum absolute atomic E-state index is 12.1. The van der Waals surface area contributed by atoms with Crippen molar-refractivity contribution in [3.8, 4) is 0 Å². The number of aryl methyl sites for hydroxylation is 1. The van der Waals surface area contributed by atoms with Gasteiger partial charge in [0.2, 0.25) is 0 Å². The zero-order valence-corrected chi connectivity index (χ0v) is 13.8. The summed E-state index contributed by atoms with van der Waals surface area (Å²) >= 11 is 3.46. The number of amides is 1. The first-order chi connectivity index (χ1) is 8.97. The van der Waals surface area contributed by atoms with Crippen LogP contribution in [0.5, 0.6) is 0 Å². The Kier molecular flexibility index (Phi) is 6.52.